The topological polar surface area (TPSA) is 99.0 Å². The number of anilines is 2. The maximum Gasteiger partial charge on any atom is 0.256 e. The normalized spacial score (nSPS) is 22.4. The van der Waals surface area contributed by atoms with Crippen LogP contribution in [0.25, 0.3) is 0 Å². The van der Waals surface area contributed by atoms with Gasteiger partial charge in [-0.1, -0.05) is 18.2 Å². The van der Waals surface area contributed by atoms with Gasteiger partial charge in [-0.15, -0.1) is 0 Å². The lowest BCUT2D eigenvalue weighted by Crippen LogP contribution is -2.29. The van der Waals surface area contributed by atoms with E-state index in [1.54, 1.807) is 0 Å². The van der Waals surface area contributed by atoms with Gasteiger partial charge in [-0.3, -0.25) is 4.79 Å². The van der Waals surface area contributed by atoms with Crippen LogP contribution in [0.2, 0.25) is 0 Å². The molecule has 2 aliphatic rings. The highest BCUT2D eigenvalue weighted by molar-refractivity contribution is 5.90. The minimum Gasteiger partial charge on any atom is -0.385 e. The number of fused-ring (bicyclic) bond motifs is 2. The first-order valence-corrected chi connectivity index (χ1v) is 8.58. The van der Waals surface area contributed by atoms with Crippen LogP contribution in [-0.2, 0) is 6.42 Å². The lowest BCUT2D eigenvalue weighted by molar-refractivity contribution is 0.0859. The maximum atomic E-state index is 13.2. The standard InChI is InChI=1S/C18H23N5O/c1-10-4-2-5-11-12(8-9-21-15(10)11)18(24)23-17(20)13-6-3-7-14(19)16(13)22-23/h2,4-5,12,14,21H,3,6-9,19-20H2,1H3/t12-,14?/m0/s1. The van der Waals surface area contributed by atoms with Gasteiger partial charge in [0.25, 0.3) is 5.91 Å². The number of nitrogens with one attached hydrogen (secondary N) is 1. The van der Waals surface area contributed by atoms with Crippen molar-refractivity contribution in [3.8, 4) is 0 Å². The Balaban J connectivity index is 1.75. The number of hydrogen-bond acceptors (Lipinski definition) is 5. The van der Waals surface area contributed by atoms with E-state index in [9.17, 15) is 4.79 Å². The van der Waals surface area contributed by atoms with Gasteiger partial charge >= 0.3 is 0 Å². The molecule has 126 valence electrons. The second kappa shape index (κ2) is 5.63. The van der Waals surface area contributed by atoms with E-state index in [2.05, 4.69) is 23.4 Å². The minimum absolute atomic E-state index is 0.0533. The predicted octanol–water partition coefficient (Wildman–Crippen LogP) is 2.35. The van der Waals surface area contributed by atoms with E-state index < -0.39 is 0 Å². The average molecular weight is 325 g/mol. The van der Waals surface area contributed by atoms with Crippen LogP contribution in [-0.4, -0.2) is 22.2 Å². The lowest BCUT2D eigenvalue weighted by Gasteiger charge is -2.27. The molecule has 1 unspecified atom stereocenters. The van der Waals surface area contributed by atoms with E-state index in [4.69, 9.17) is 11.5 Å². The SMILES string of the molecule is Cc1cccc2c1NCC[C@@H]2C(=O)n1nc2c(c1N)CCCC2N. The molecule has 0 fully saturated rings. The highest BCUT2D eigenvalue weighted by Crippen LogP contribution is 2.37. The molecule has 0 saturated heterocycles. The van der Waals surface area contributed by atoms with E-state index in [1.165, 1.54) is 4.68 Å². The van der Waals surface area contributed by atoms with Crippen molar-refractivity contribution >= 4 is 17.4 Å². The molecule has 1 aromatic carbocycles. The Labute approximate surface area is 141 Å². The molecule has 0 saturated carbocycles. The second-order valence-corrected chi connectivity index (χ2v) is 6.80. The van der Waals surface area contributed by atoms with Gasteiger partial charge in [0.15, 0.2) is 0 Å². The molecule has 0 bridgehead atoms. The number of hydrogen-bond donors (Lipinski definition) is 3. The summed E-state index contributed by atoms with van der Waals surface area (Å²) < 4.78 is 1.40. The molecular formula is C18H23N5O. The Hall–Kier alpha value is -2.34. The Kier molecular flexibility index (Phi) is 3.57. The van der Waals surface area contributed by atoms with Crippen molar-refractivity contribution in [3.05, 3.63) is 40.6 Å². The number of para-hydroxylation sites is 1. The number of nitrogens with two attached hydrogens (primary N) is 2. The Morgan fingerprint density at radius 1 is 1.38 bits per heavy atom. The zero-order valence-corrected chi connectivity index (χ0v) is 13.9. The number of carbonyl (C=O) groups is 1. The molecule has 1 aliphatic carbocycles. The third-order valence-electron chi connectivity index (χ3n) is 5.27. The van der Waals surface area contributed by atoms with Gasteiger partial charge < -0.3 is 16.8 Å². The van der Waals surface area contributed by atoms with E-state index in [-0.39, 0.29) is 17.9 Å². The fraction of sp³-hybridized carbons (Fsp3) is 0.444. The first-order chi connectivity index (χ1) is 11.6. The average Bonchev–Trinajstić information content (AvgIpc) is 2.93. The molecule has 2 heterocycles. The smallest absolute Gasteiger partial charge is 0.256 e. The minimum atomic E-state index is -0.221. The molecule has 0 spiro atoms. The molecular weight excluding hydrogens is 302 g/mol. The van der Waals surface area contributed by atoms with Crippen LogP contribution < -0.4 is 16.8 Å². The molecule has 1 aliphatic heterocycles. The Morgan fingerprint density at radius 3 is 3.00 bits per heavy atom. The van der Waals surface area contributed by atoms with E-state index in [0.29, 0.717) is 5.82 Å². The molecule has 5 N–H and O–H groups in total. The third kappa shape index (κ3) is 2.21. The van der Waals surface area contributed by atoms with Crippen molar-refractivity contribution in [2.75, 3.05) is 17.6 Å². The van der Waals surface area contributed by atoms with Crippen molar-refractivity contribution in [2.45, 2.75) is 44.6 Å². The highest BCUT2D eigenvalue weighted by atomic mass is 16.2. The van der Waals surface area contributed by atoms with E-state index >= 15 is 0 Å². The van der Waals surface area contributed by atoms with Crippen molar-refractivity contribution in [1.82, 2.24) is 9.78 Å². The predicted molar refractivity (Wildman–Crippen MR) is 94.2 cm³/mol. The summed E-state index contributed by atoms with van der Waals surface area (Å²) in [6.07, 6.45) is 3.48. The van der Waals surface area contributed by atoms with Crippen LogP contribution >= 0.6 is 0 Å². The number of nitrogen functional groups attached to an aromatic ring is 1. The summed E-state index contributed by atoms with van der Waals surface area (Å²) in [6, 6.07) is 5.95. The van der Waals surface area contributed by atoms with Gasteiger partial charge in [-0.2, -0.15) is 9.78 Å². The zero-order valence-electron chi connectivity index (χ0n) is 13.9. The number of nitrogens with zero attached hydrogens (tertiary/aromatic N) is 2. The van der Waals surface area contributed by atoms with Crippen molar-refractivity contribution < 1.29 is 4.79 Å². The molecule has 6 heteroatoms. The number of aromatic nitrogens is 2. The first-order valence-electron chi connectivity index (χ1n) is 8.58. The van der Waals surface area contributed by atoms with Crippen LogP contribution in [0, 0.1) is 6.92 Å². The summed E-state index contributed by atoms with van der Waals surface area (Å²) in [5.74, 6) is 0.196. The second-order valence-electron chi connectivity index (χ2n) is 6.80. The van der Waals surface area contributed by atoms with Crippen LogP contribution in [0.5, 0.6) is 0 Å². The molecule has 24 heavy (non-hydrogen) atoms. The third-order valence-corrected chi connectivity index (χ3v) is 5.27. The molecule has 1 aromatic heterocycles. The van der Waals surface area contributed by atoms with Gasteiger partial charge in [-0.05, 0) is 43.7 Å². The fourth-order valence-electron chi connectivity index (χ4n) is 3.96. The lowest BCUT2D eigenvalue weighted by atomic mass is 9.88. The highest BCUT2D eigenvalue weighted by Gasteiger charge is 2.32. The zero-order chi connectivity index (χ0) is 16.8. The Morgan fingerprint density at radius 2 is 2.21 bits per heavy atom. The largest absolute Gasteiger partial charge is 0.385 e. The number of benzene rings is 1. The van der Waals surface area contributed by atoms with Gasteiger partial charge in [-0.25, -0.2) is 0 Å². The van der Waals surface area contributed by atoms with Crippen molar-refractivity contribution in [3.63, 3.8) is 0 Å². The molecule has 0 amide bonds. The summed E-state index contributed by atoms with van der Waals surface area (Å²) in [4.78, 5) is 13.2. The van der Waals surface area contributed by atoms with Gasteiger partial charge in [0.05, 0.1) is 11.6 Å². The maximum absolute atomic E-state index is 13.2. The van der Waals surface area contributed by atoms with Crippen molar-refractivity contribution in [1.29, 1.82) is 0 Å². The van der Waals surface area contributed by atoms with Gasteiger partial charge in [0.2, 0.25) is 0 Å². The number of rotatable bonds is 1. The summed E-state index contributed by atoms with van der Waals surface area (Å²) >= 11 is 0. The van der Waals surface area contributed by atoms with Crippen LogP contribution in [0.15, 0.2) is 18.2 Å². The molecule has 2 atom stereocenters. The molecule has 4 rings (SSSR count). The van der Waals surface area contributed by atoms with E-state index in [0.717, 1.165) is 60.3 Å². The van der Waals surface area contributed by atoms with Gasteiger partial charge in [0.1, 0.15) is 5.82 Å². The molecule has 2 aromatic rings. The first kappa shape index (κ1) is 15.2. The van der Waals surface area contributed by atoms with Crippen molar-refractivity contribution in [2.24, 2.45) is 5.73 Å². The summed E-state index contributed by atoms with van der Waals surface area (Å²) in [5, 5.41) is 7.90. The Bertz CT molecular complexity index is 810. The van der Waals surface area contributed by atoms with Gasteiger partial charge in [0, 0.05) is 23.8 Å². The van der Waals surface area contributed by atoms with Crippen LogP contribution in [0.3, 0.4) is 0 Å². The monoisotopic (exact) mass is 325 g/mol. The van der Waals surface area contributed by atoms with Crippen LogP contribution in [0.1, 0.15) is 58.4 Å². The molecule has 0 radical (unpaired) electrons. The summed E-state index contributed by atoms with van der Waals surface area (Å²) in [7, 11) is 0. The quantitative estimate of drug-likeness (QED) is 0.747. The summed E-state index contributed by atoms with van der Waals surface area (Å²) in [5.41, 5.74) is 17.4. The van der Waals surface area contributed by atoms with Crippen LogP contribution in [0.4, 0.5) is 11.5 Å². The molecule has 6 nitrogen and oxygen atoms in total. The summed E-state index contributed by atoms with van der Waals surface area (Å²) in [6.45, 7) is 2.83. The van der Waals surface area contributed by atoms with E-state index in [1.807, 2.05) is 12.1 Å². The number of aryl methyl sites for hydroxylation is 1. The number of carbonyl (C=O) groups excluding carboxylic acids is 1. The fourth-order valence-corrected chi connectivity index (χ4v) is 3.96.